The molecule has 3 nitrogen and oxygen atoms in total. The van der Waals surface area contributed by atoms with Gasteiger partial charge in [-0.2, -0.15) is 0 Å². The lowest BCUT2D eigenvalue weighted by molar-refractivity contribution is 0.686. The normalized spacial score (nSPS) is 15.1. The van der Waals surface area contributed by atoms with Gasteiger partial charge in [-0.25, -0.2) is 4.98 Å². The summed E-state index contributed by atoms with van der Waals surface area (Å²) in [4.78, 5) is 10.2. The number of H-pyrrole nitrogens is 1. The molecule has 0 radical (unpaired) electrons. The fourth-order valence-electron chi connectivity index (χ4n) is 2.28. The molecule has 17 heavy (non-hydrogen) atoms. The molecule has 2 heterocycles. The lowest BCUT2D eigenvalue weighted by atomic mass is 10.1. The van der Waals surface area contributed by atoms with E-state index < -0.39 is 0 Å². The summed E-state index contributed by atoms with van der Waals surface area (Å²) < 4.78 is 0. The topological polar surface area (TPSA) is 31.9 Å². The minimum atomic E-state index is 0.905. The molecule has 0 amide bonds. The number of hydrogen-bond acceptors (Lipinski definition) is 2. The van der Waals surface area contributed by atoms with Crippen LogP contribution >= 0.6 is 0 Å². The fourth-order valence-corrected chi connectivity index (χ4v) is 2.28. The number of nitrogens with one attached hydrogen (secondary N) is 1. The lowest BCUT2D eigenvalue weighted by Gasteiger charge is -2.12. The summed E-state index contributed by atoms with van der Waals surface area (Å²) in [5.74, 6) is 3.74. The zero-order valence-electron chi connectivity index (χ0n) is 10.4. The van der Waals surface area contributed by atoms with E-state index in [9.17, 15) is 0 Å². The van der Waals surface area contributed by atoms with Gasteiger partial charge in [-0.3, -0.25) is 0 Å². The van der Waals surface area contributed by atoms with Gasteiger partial charge in [-0.15, -0.1) is 12.3 Å². The predicted molar refractivity (Wildman–Crippen MR) is 71.0 cm³/mol. The summed E-state index contributed by atoms with van der Waals surface area (Å²) >= 11 is 0. The number of imidazole rings is 1. The highest BCUT2D eigenvalue weighted by atomic mass is 15.3. The Hall–Kier alpha value is -1.43. The molecule has 2 rings (SSSR count). The SMILES string of the molecule is C#CCCCCCc1cnc(N2CCCC2)[nH]1. The molecule has 1 N–H and O–H groups in total. The fraction of sp³-hybridized carbons (Fsp3) is 0.643. The number of nitrogens with zero attached hydrogens (tertiary/aromatic N) is 2. The maximum atomic E-state index is 5.22. The van der Waals surface area contributed by atoms with Crippen LogP contribution in [0.4, 0.5) is 5.95 Å². The first kappa shape index (κ1) is 12.0. The Morgan fingerprint density at radius 3 is 2.88 bits per heavy atom. The quantitative estimate of drug-likeness (QED) is 0.603. The third-order valence-electron chi connectivity index (χ3n) is 3.29. The molecule has 1 aromatic rings. The van der Waals surface area contributed by atoms with Gasteiger partial charge < -0.3 is 9.88 Å². The van der Waals surface area contributed by atoms with Crippen molar-refractivity contribution in [3.8, 4) is 12.3 Å². The van der Waals surface area contributed by atoms with Crippen molar-refractivity contribution >= 4 is 5.95 Å². The molecule has 1 fully saturated rings. The highest BCUT2D eigenvalue weighted by Crippen LogP contribution is 2.17. The molecule has 1 saturated heterocycles. The molecule has 3 heteroatoms. The van der Waals surface area contributed by atoms with E-state index in [-0.39, 0.29) is 0 Å². The van der Waals surface area contributed by atoms with Crippen LogP contribution in [0.2, 0.25) is 0 Å². The van der Waals surface area contributed by atoms with Gasteiger partial charge in [0.25, 0.3) is 0 Å². The van der Waals surface area contributed by atoms with Crippen molar-refractivity contribution in [2.75, 3.05) is 18.0 Å². The number of aromatic nitrogens is 2. The van der Waals surface area contributed by atoms with Crippen LogP contribution in [-0.4, -0.2) is 23.1 Å². The largest absolute Gasteiger partial charge is 0.342 e. The number of hydrogen-bond donors (Lipinski definition) is 1. The Morgan fingerprint density at radius 2 is 2.12 bits per heavy atom. The predicted octanol–water partition coefficient (Wildman–Crippen LogP) is 2.75. The summed E-state index contributed by atoms with van der Waals surface area (Å²) in [6, 6.07) is 0. The molecular weight excluding hydrogens is 210 g/mol. The van der Waals surface area contributed by atoms with Crippen LogP contribution < -0.4 is 4.90 Å². The highest BCUT2D eigenvalue weighted by molar-refractivity contribution is 5.32. The van der Waals surface area contributed by atoms with Crippen LogP contribution in [0.3, 0.4) is 0 Å². The maximum absolute atomic E-state index is 5.22. The number of rotatable bonds is 6. The molecular formula is C14H21N3. The second kappa shape index (κ2) is 6.34. The average Bonchev–Trinajstić information content (AvgIpc) is 2.99. The third-order valence-corrected chi connectivity index (χ3v) is 3.29. The number of aromatic amines is 1. The first-order chi connectivity index (χ1) is 8.40. The van der Waals surface area contributed by atoms with Gasteiger partial charge >= 0.3 is 0 Å². The molecule has 92 valence electrons. The first-order valence-electron chi connectivity index (χ1n) is 6.62. The van der Waals surface area contributed by atoms with Crippen molar-refractivity contribution in [2.45, 2.75) is 44.9 Å². The smallest absolute Gasteiger partial charge is 0.202 e. The Balaban J connectivity index is 1.72. The van der Waals surface area contributed by atoms with Gasteiger partial charge in [0.2, 0.25) is 5.95 Å². The van der Waals surface area contributed by atoms with Gasteiger partial charge in [0.15, 0.2) is 0 Å². The van der Waals surface area contributed by atoms with Crippen LogP contribution in [0.5, 0.6) is 0 Å². The van der Waals surface area contributed by atoms with Crippen LogP contribution in [0, 0.1) is 12.3 Å². The minimum Gasteiger partial charge on any atom is -0.342 e. The van der Waals surface area contributed by atoms with Gasteiger partial charge in [0, 0.05) is 25.2 Å². The van der Waals surface area contributed by atoms with Crippen LogP contribution in [0.25, 0.3) is 0 Å². The Labute approximate surface area is 104 Å². The second-order valence-corrected chi connectivity index (χ2v) is 4.69. The van der Waals surface area contributed by atoms with Crippen molar-refractivity contribution in [1.82, 2.24) is 9.97 Å². The minimum absolute atomic E-state index is 0.905. The molecule has 0 bridgehead atoms. The summed E-state index contributed by atoms with van der Waals surface area (Å²) in [6.45, 7) is 2.30. The number of unbranched alkanes of at least 4 members (excludes halogenated alkanes) is 3. The molecule has 1 aliphatic heterocycles. The molecule has 0 aromatic carbocycles. The highest BCUT2D eigenvalue weighted by Gasteiger charge is 2.14. The first-order valence-corrected chi connectivity index (χ1v) is 6.62. The zero-order valence-corrected chi connectivity index (χ0v) is 10.4. The van der Waals surface area contributed by atoms with Gasteiger partial charge in [-0.1, -0.05) is 6.42 Å². The van der Waals surface area contributed by atoms with E-state index in [1.807, 2.05) is 6.20 Å². The number of aryl methyl sites for hydroxylation is 1. The van der Waals surface area contributed by atoms with Crippen molar-refractivity contribution in [3.05, 3.63) is 11.9 Å². The summed E-state index contributed by atoms with van der Waals surface area (Å²) in [7, 11) is 0. The van der Waals surface area contributed by atoms with E-state index in [4.69, 9.17) is 6.42 Å². The summed E-state index contributed by atoms with van der Waals surface area (Å²) in [5.41, 5.74) is 1.26. The van der Waals surface area contributed by atoms with Crippen molar-refractivity contribution in [3.63, 3.8) is 0 Å². The van der Waals surface area contributed by atoms with Gasteiger partial charge in [0.1, 0.15) is 0 Å². The van der Waals surface area contributed by atoms with E-state index in [1.165, 1.54) is 31.4 Å². The molecule has 0 aliphatic carbocycles. The summed E-state index contributed by atoms with van der Waals surface area (Å²) in [5, 5.41) is 0. The van der Waals surface area contributed by atoms with Crippen molar-refractivity contribution in [2.24, 2.45) is 0 Å². The molecule has 0 saturated carbocycles. The Morgan fingerprint density at radius 1 is 1.29 bits per heavy atom. The number of terminal acetylenes is 1. The molecule has 0 atom stereocenters. The standard InChI is InChI=1S/C14H21N3/c1-2-3-4-5-6-9-13-12-15-14(16-13)17-10-7-8-11-17/h1,12H,3-11H2,(H,15,16). The summed E-state index contributed by atoms with van der Waals surface area (Å²) in [6.07, 6.45) is 15.3. The average molecular weight is 231 g/mol. The Kier molecular flexibility index (Phi) is 4.49. The maximum Gasteiger partial charge on any atom is 0.202 e. The van der Waals surface area contributed by atoms with Crippen LogP contribution in [0.15, 0.2) is 6.20 Å². The Bertz CT molecular complexity index is 369. The third kappa shape index (κ3) is 3.52. The van der Waals surface area contributed by atoms with E-state index >= 15 is 0 Å². The van der Waals surface area contributed by atoms with E-state index in [2.05, 4.69) is 20.8 Å². The molecule has 0 unspecified atom stereocenters. The lowest BCUT2D eigenvalue weighted by Crippen LogP contribution is -2.18. The van der Waals surface area contributed by atoms with Gasteiger partial charge in [-0.05, 0) is 32.1 Å². The second-order valence-electron chi connectivity index (χ2n) is 4.69. The van der Waals surface area contributed by atoms with E-state index in [0.717, 1.165) is 38.3 Å². The van der Waals surface area contributed by atoms with Crippen LogP contribution in [-0.2, 0) is 6.42 Å². The van der Waals surface area contributed by atoms with E-state index in [0.29, 0.717) is 0 Å². The molecule has 0 spiro atoms. The monoisotopic (exact) mass is 231 g/mol. The number of anilines is 1. The van der Waals surface area contributed by atoms with Crippen molar-refractivity contribution < 1.29 is 0 Å². The molecule has 1 aromatic heterocycles. The van der Waals surface area contributed by atoms with Crippen LogP contribution in [0.1, 0.15) is 44.2 Å². The van der Waals surface area contributed by atoms with Gasteiger partial charge in [0.05, 0.1) is 6.20 Å². The van der Waals surface area contributed by atoms with E-state index in [1.54, 1.807) is 0 Å². The molecule has 1 aliphatic rings. The zero-order chi connectivity index (χ0) is 11.9. The van der Waals surface area contributed by atoms with Crippen molar-refractivity contribution in [1.29, 1.82) is 0 Å².